The van der Waals surface area contributed by atoms with E-state index in [1.165, 1.54) is 0 Å². The number of rotatable bonds is 6. The number of aryl methyl sites for hydroxylation is 2. The predicted octanol–water partition coefficient (Wildman–Crippen LogP) is 3.98. The lowest BCUT2D eigenvalue weighted by Gasteiger charge is -2.20. The average molecular weight is 346 g/mol. The number of nitrogens with zero attached hydrogens (tertiary/aromatic N) is 1. The van der Waals surface area contributed by atoms with Crippen LogP contribution < -0.4 is 10.1 Å². The van der Waals surface area contributed by atoms with Gasteiger partial charge < -0.3 is 10.1 Å². The molecule has 0 aliphatic heterocycles. The predicted molar refractivity (Wildman–Crippen MR) is 102 cm³/mol. The number of carbonyl (C=O) groups excluding carboxylic acids is 1. The molecule has 0 aliphatic carbocycles. The van der Waals surface area contributed by atoms with Gasteiger partial charge in [-0.15, -0.1) is 0 Å². The first-order valence-electron chi connectivity index (χ1n) is 8.57. The fourth-order valence-electron chi connectivity index (χ4n) is 2.93. The van der Waals surface area contributed by atoms with Gasteiger partial charge in [0.15, 0.2) is 6.61 Å². The third-order valence-electron chi connectivity index (χ3n) is 4.04. The molecular formula is C22H22N2O2. The Morgan fingerprint density at radius 3 is 2.23 bits per heavy atom. The first-order chi connectivity index (χ1) is 12.6. The Morgan fingerprint density at radius 2 is 1.58 bits per heavy atom. The van der Waals surface area contributed by atoms with Gasteiger partial charge in [-0.3, -0.25) is 9.78 Å². The van der Waals surface area contributed by atoms with Gasteiger partial charge in [-0.2, -0.15) is 0 Å². The highest BCUT2D eigenvalue weighted by atomic mass is 16.5. The quantitative estimate of drug-likeness (QED) is 0.734. The summed E-state index contributed by atoms with van der Waals surface area (Å²) in [5, 5.41) is 3.06. The molecule has 1 heterocycles. The lowest BCUT2D eigenvalue weighted by atomic mass is 10.00. The molecule has 3 aromatic rings. The van der Waals surface area contributed by atoms with Gasteiger partial charge in [-0.25, -0.2) is 0 Å². The van der Waals surface area contributed by atoms with E-state index < -0.39 is 0 Å². The number of hydrogen-bond acceptors (Lipinski definition) is 3. The monoisotopic (exact) mass is 346 g/mol. The standard InChI is InChI=1S/C22H22N2O2/c1-16-12-17(2)14-20(13-16)26-15-21(25)24-22(18-6-4-3-5-7-18)19-8-10-23-11-9-19/h3-14,22H,15H2,1-2H3,(H,24,25). The van der Waals surface area contributed by atoms with Crippen molar-refractivity contribution in [3.05, 3.63) is 95.3 Å². The molecule has 26 heavy (non-hydrogen) atoms. The molecule has 3 rings (SSSR count). The number of benzene rings is 2. The molecule has 4 nitrogen and oxygen atoms in total. The third kappa shape index (κ3) is 4.70. The Hall–Kier alpha value is -3.14. The van der Waals surface area contributed by atoms with E-state index in [1.807, 2.05) is 68.4 Å². The second-order valence-corrected chi connectivity index (χ2v) is 6.30. The minimum Gasteiger partial charge on any atom is -0.484 e. The Bertz CT molecular complexity index is 804. The summed E-state index contributed by atoms with van der Waals surface area (Å²) in [4.78, 5) is 16.5. The SMILES string of the molecule is Cc1cc(C)cc(OCC(=O)NC(c2ccccc2)c2ccncc2)c1. The van der Waals surface area contributed by atoms with Crippen molar-refractivity contribution < 1.29 is 9.53 Å². The van der Waals surface area contributed by atoms with Crippen LogP contribution in [-0.4, -0.2) is 17.5 Å². The maximum absolute atomic E-state index is 12.5. The first kappa shape index (κ1) is 17.7. The molecule has 0 fully saturated rings. The number of amides is 1. The number of pyridine rings is 1. The largest absolute Gasteiger partial charge is 0.484 e. The molecule has 1 atom stereocenters. The van der Waals surface area contributed by atoms with Crippen LogP contribution in [0.3, 0.4) is 0 Å². The lowest BCUT2D eigenvalue weighted by molar-refractivity contribution is -0.123. The number of carbonyl (C=O) groups is 1. The Balaban J connectivity index is 1.71. The second-order valence-electron chi connectivity index (χ2n) is 6.30. The molecule has 1 unspecified atom stereocenters. The molecular weight excluding hydrogens is 324 g/mol. The van der Waals surface area contributed by atoms with Crippen molar-refractivity contribution in [2.75, 3.05) is 6.61 Å². The topological polar surface area (TPSA) is 51.2 Å². The van der Waals surface area contributed by atoms with Crippen LogP contribution in [0.25, 0.3) is 0 Å². The molecule has 2 aromatic carbocycles. The first-order valence-corrected chi connectivity index (χ1v) is 8.57. The van der Waals surface area contributed by atoms with Crippen LogP contribution in [0.5, 0.6) is 5.75 Å². The number of nitrogens with one attached hydrogen (secondary N) is 1. The van der Waals surface area contributed by atoms with E-state index in [0.29, 0.717) is 5.75 Å². The molecule has 0 spiro atoms. The summed E-state index contributed by atoms with van der Waals surface area (Å²) < 4.78 is 5.68. The fourth-order valence-corrected chi connectivity index (χ4v) is 2.93. The van der Waals surface area contributed by atoms with Crippen LogP contribution in [0.4, 0.5) is 0 Å². The highest BCUT2D eigenvalue weighted by Crippen LogP contribution is 2.21. The minimum absolute atomic E-state index is 0.0304. The van der Waals surface area contributed by atoms with Crippen molar-refractivity contribution >= 4 is 5.91 Å². The summed E-state index contributed by atoms with van der Waals surface area (Å²) in [5.74, 6) is 0.535. The van der Waals surface area contributed by atoms with Crippen LogP contribution in [0.1, 0.15) is 28.3 Å². The zero-order chi connectivity index (χ0) is 18.4. The van der Waals surface area contributed by atoms with Crippen LogP contribution in [0.2, 0.25) is 0 Å². The summed E-state index contributed by atoms with van der Waals surface area (Å²) in [7, 11) is 0. The smallest absolute Gasteiger partial charge is 0.258 e. The lowest BCUT2D eigenvalue weighted by Crippen LogP contribution is -2.33. The van der Waals surface area contributed by atoms with Crippen molar-refractivity contribution in [2.45, 2.75) is 19.9 Å². The molecule has 1 amide bonds. The maximum Gasteiger partial charge on any atom is 0.258 e. The van der Waals surface area contributed by atoms with Gasteiger partial charge in [0.25, 0.3) is 5.91 Å². The van der Waals surface area contributed by atoms with E-state index in [-0.39, 0.29) is 18.6 Å². The molecule has 0 aliphatic rings. The van der Waals surface area contributed by atoms with E-state index >= 15 is 0 Å². The van der Waals surface area contributed by atoms with Crippen molar-refractivity contribution in [1.29, 1.82) is 0 Å². The van der Waals surface area contributed by atoms with Crippen molar-refractivity contribution in [1.82, 2.24) is 10.3 Å². The van der Waals surface area contributed by atoms with Crippen molar-refractivity contribution in [2.24, 2.45) is 0 Å². The van der Waals surface area contributed by atoms with Gasteiger partial charge in [0.05, 0.1) is 6.04 Å². The zero-order valence-corrected chi connectivity index (χ0v) is 15.0. The number of aromatic nitrogens is 1. The molecule has 132 valence electrons. The summed E-state index contributed by atoms with van der Waals surface area (Å²) >= 11 is 0. The highest BCUT2D eigenvalue weighted by Gasteiger charge is 2.17. The van der Waals surface area contributed by atoms with Crippen molar-refractivity contribution in [3.8, 4) is 5.75 Å². The van der Waals surface area contributed by atoms with E-state index in [9.17, 15) is 4.79 Å². The Kier molecular flexibility index (Phi) is 5.64. The van der Waals surface area contributed by atoms with E-state index in [4.69, 9.17) is 4.74 Å². The molecule has 0 bridgehead atoms. The van der Waals surface area contributed by atoms with Gasteiger partial charge in [-0.05, 0) is 60.4 Å². The maximum atomic E-state index is 12.5. The zero-order valence-electron chi connectivity index (χ0n) is 15.0. The van der Waals surface area contributed by atoms with Gasteiger partial charge in [0.1, 0.15) is 5.75 Å². The Labute approximate surface area is 153 Å². The molecule has 1 N–H and O–H groups in total. The molecule has 0 radical (unpaired) electrons. The molecule has 4 heteroatoms. The average Bonchev–Trinajstić information content (AvgIpc) is 2.65. The molecule has 1 aromatic heterocycles. The van der Waals surface area contributed by atoms with Crippen LogP contribution in [0.15, 0.2) is 73.1 Å². The van der Waals surface area contributed by atoms with E-state index in [0.717, 1.165) is 22.3 Å². The van der Waals surface area contributed by atoms with Crippen LogP contribution in [-0.2, 0) is 4.79 Å². The molecule has 0 saturated carbocycles. The number of ether oxygens (including phenoxy) is 1. The van der Waals surface area contributed by atoms with Gasteiger partial charge in [0, 0.05) is 12.4 Å². The summed E-state index contributed by atoms with van der Waals surface area (Å²) in [6.07, 6.45) is 3.45. The third-order valence-corrected chi connectivity index (χ3v) is 4.04. The summed E-state index contributed by atoms with van der Waals surface area (Å²) in [5.41, 5.74) is 4.21. The van der Waals surface area contributed by atoms with Gasteiger partial charge in [-0.1, -0.05) is 36.4 Å². The fraction of sp³-hybridized carbons (Fsp3) is 0.182. The van der Waals surface area contributed by atoms with Crippen molar-refractivity contribution in [3.63, 3.8) is 0 Å². The van der Waals surface area contributed by atoms with E-state index in [2.05, 4.69) is 16.4 Å². The normalized spacial score (nSPS) is 11.6. The summed E-state index contributed by atoms with van der Waals surface area (Å²) in [6.45, 7) is 3.99. The Morgan fingerprint density at radius 1 is 0.962 bits per heavy atom. The van der Waals surface area contributed by atoms with Crippen LogP contribution in [0, 0.1) is 13.8 Å². The molecule has 0 saturated heterocycles. The highest BCUT2D eigenvalue weighted by molar-refractivity contribution is 5.78. The van der Waals surface area contributed by atoms with Crippen LogP contribution >= 0.6 is 0 Å². The number of hydrogen-bond donors (Lipinski definition) is 1. The summed E-state index contributed by atoms with van der Waals surface area (Å²) in [6, 6.07) is 19.4. The van der Waals surface area contributed by atoms with Gasteiger partial charge >= 0.3 is 0 Å². The second kappa shape index (κ2) is 8.30. The van der Waals surface area contributed by atoms with Gasteiger partial charge in [0.2, 0.25) is 0 Å². The van der Waals surface area contributed by atoms with E-state index in [1.54, 1.807) is 12.4 Å². The minimum atomic E-state index is -0.241.